The van der Waals surface area contributed by atoms with Crippen LogP contribution in [0.15, 0.2) is 48.5 Å². The van der Waals surface area contributed by atoms with Gasteiger partial charge in [-0.1, -0.05) is 30.3 Å². The van der Waals surface area contributed by atoms with Gasteiger partial charge >= 0.3 is 0 Å². The third-order valence-corrected chi connectivity index (χ3v) is 3.24. The maximum Gasteiger partial charge on any atom is 0.0606 e. The molecule has 4 nitrogen and oxygen atoms in total. The number of anilines is 2. The molecule has 0 heterocycles. The Morgan fingerprint density at radius 2 is 1.45 bits per heavy atom. The van der Waals surface area contributed by atoms with E-state index in [0.717, 1.165) is 22.5 Å². The van der Waals surface area contributed by atoms with Gasteiger partial charge in [-0.2, -0.15) is 0 Å². The maximum absolute atomic E-state index is 9.05. The molecule has 2 aromatic carbocycles. The van der Waals surface area contributed by atoms with Gasteiger partial charge in [0.1, 0.15) is 0 Å². The van der Waals surface area contributed by atoms with Crippen molar-refractivity contribution in [1.82, 2.24) is 0 Å². The largest absolute Gasteiger partial charge is 0.398 e. The summed E-state index contributed by atoms with van der Waals surface area (Å²) in [6, 6.07) is 15.7. The van der Waals surface area contributed by atoms with Crippen LogP contribution >= 0.6 is 0 Å². The van der Waals surface area contributed by atoms with Gasteiger partial charge in [0.25, 0.3) is 0 Å². The molecule has 20 heavy (non-hydrogen) atoms. The average molecular weight is 272 g/mol. The molecule has 0 spiro atoms. The summed E-state index contributed by atoms with van der Waals surface area (Å²) in [5.41, 5.74) is 9.76. The number of rotatable bonds is 6. The van der Waals surface area contributed by atoms with E-state index in [-0.39, 0.29) is 13.2 Å². The number of aliphatic hydroxyl groups is 2. The molecule has 0 amide bonds. The Bertz CT molecular complexity index is 534. The maximum atomic E-state index is 9.05. The molecule has 106 valence electrons. The number of hydrogen-bond donors (Lipinski definition) is 3. The summed E-state index contributed by atoms with van der Waals surface area (Å²) in [6.07, 6.45) is 0. The number of hydrogen-bond acceptors (Lipinski definition) is 4. The lowest BCUT2D eigenvalue weighted by Crippen LogP contribution is -2.29. The zero-order chi connectivity index (χ0) is 14.4. The molecule has 0 aromatic heterocycles. The molecule has 0 saturated carbocycles. The van der Waals surface area contributed by atoms with Gasteiger partial charge in [0.05, 0.1) is 13.2 Å². The van der Waals surface area contributed by atoms with E-state index in [1.54, 1.807) is 0 Å². The zero-order valence-electron chi connectivity index (χ0n) is 11.4. The van der Waals surface area contributed by atoms with Crippen LogP contribution in [0, 0.1) is 0 Å². The highest BCUT2D eigenvalue weighted by molar-refractivity contribution is 5.77. The van der Waals surface area contributed by atoms with Crippen LogP contribution in [0.4, 0.5) is 11.4 Å². The number of aliphatic hydroxyl groups excluding tert-OH is 2. The Hall–Kier alpha value is -2.04. The van der Waals surface area contributed by atoms with Gasteiger partial charge in [0.2, 0.25) is 0 Å². The fourth-order valence-electron chi connectivity index (χ4n) is 2.22. The van der Waals surface area contributed by atoms with Crippen LogP contribution in [0.25, 0.3) is 11.1 Å². The number of para-hydroxylation sites is 1. The smallest absolute Gasteiger partial charge is 0.0606 e. The Labute approximate surface area is 119 Å². The van der Waals surface area contributed by atoms with Gasteiger partial charge < -0.3 is 20.8 Å². The lowest BCUT2D eigenvalue weighted by atomic mass is 10.0. The molecule has 0 aliphatic heterocycles. The van der Waals surface area contributed by atoms with E-state index in [2.05, 4.69) is 0 Å². The molecular weight excluding hydrogens is 252 g/mol. The molecule has 0 fully saturated rings. The van der Waals surface area contributed by atoms with Crippen LogP contribution < -0.4 is 10.6 Å². The first-order valence-electron chi connectivity index (χ1n) is 6.68. The molecule has 0 unspecified atom stereocenters. The van der Waals surface area contributed by atoms with E-state index >= 15 is 0 Å². The summed E-state index contributed by atoms with van der Waals surface area (Å²) in [6.45, 7) is 1.14. The summed E-state index contributed by atoms with van der Waals surface area (Å²) in [5, 5.41) is 18.1. The molecule has 0 aliphatic rings. The van der Waals surface area contributed by atoms with Crippen LogP contribution in [0.1, 0.15) is 0 Å². The first kappa shape index (κ1) is 14.4. The van der Waals surface area contributed by atoms with Gasteiger partial charge in [0.15, 0.2) is 0 Å². The average Bonchev–Trinajstić information content (AvgIpc) is 2.48. The Balaban J connectivity index is 2.23. The molecule has 2 aromatic rings. The lowest BCUT2D eigenvalue weighted by molar-refractivity contribution is 0.281. The van der Waals surface area contributed by atoms with Gasteiger partial charge in [-0.3, -0.25) is 0 Å². The highest BCUT2D eigenvalue weighted by Gasteiger charge is 2.06. The molecule has 0 aliphatic carbocycles. The first-order chi connectivity index (χ1) is 9.76. The third-order valence-electron chi connectivity index (χ3n) is 3.24. The molecule has 0 radical (unpaired) electrons. The van der Waals surface area contributed by atoms with Gasteiger partial charge in [0, 0.05) is 30.0 Å². The second-order valence-electron chi connectivity index (χ2n) is 4.57. The predicted octanol–water partition coefficient (Wildman–Crippen LogP) is 1.73. The molecule has 4 N–H and O–H groups in total. The van der Waals surface area contributed by atoms with E-state index in [0.29, 0.717) is 13.1 Å². The quantitative estimate of drug-likeness (QED) is 0.700. The standard InChI is InChI=1S/C16H20N2O2/c17-16-4-2-1-3-15(16)13-5-7-14(8-6-13)18(9-11-19)10-12-20/h1-8,19-20H,9-12,17H2. The predicted molar refractivity (Wildman–Crippen MR) is 82.7 cm³/mol. The van der Waals surface area contributed by atoms with Crippen molar-refractivity contribution in [3.05, 3.63) is 48.5 Å². The number of nitrogens with zero attached hydrogens (tertiary/aromatic N) is 1. The molecule has 0 atom stereocenters. The normalized spacial score (nSPS) is 10.5. The van der Waals surface area contributed by atoms with Crippen molar-refractivity contribution in [2.45, 2.75) is 0 Å². The van der Waals surface area contributed by atoms with Crippen LogP contribution in [0.3, 0.4) is 0 Å². The summed E-state index contributed by atoms with van der Waals surface area (Å²) in [7, 11) is 0. The highest BCUT2D eigenvalue weighted by atomic mass is 16.3. The lowest BCUT2D eigenvalue weighted by Gasteiger charge is -2.23. The molecule has 2 rings (SSSR count). The third kappa shape index (κ3) is 3.29. The number of nitrogen functional groups attached to an aromatic ring is 1. The van der Waals surface area contributed by atoms with Crippen molar-refractivity contribution in [2.24, 2.45) is 0 Å². The van der Waals surface area contributed by atoms with Crippen molar-refractivity contribution in [1.29, 1.82) is 0 Å². The van der Waals surface area contributed by atoms with Crippen molar-refractivity contribution >= 4 is 11.4 Å². The second-order valence-corrected chi connectivity index (χ2v) is 4.57. The van der Waals surface area contributed by atoms with E-state index < -0.39 is 0 Å². The Kier molecular flexibility index (Phi) is 4.98. The van der Waals surface area contributed by atoms with Crippen molar-refractivity contribution in [3.8, 4) is 11.1 Å². The molecule has 0 bridgehead atoms. The van der Waals surface area contributed by atoms with Crippen molar-refractivity contribution < 1.29 is 10.2 Å². The second kappa shape index (κ2) is 6.93. The van der Waals surface area contributed by atoms with Crippen molar-refractivity contribution in [2.75, 3.05) is 36.9 Å². The van der Waals surface area contributed by atoms with Gasteiger partial charge in [-0.15, -0.1) is 0 Å². The number of nitrogens with two attached hydrogens (primary N) is 1. The topological polar surface area (TPSA) is 69.7 Å². The Morgan fingerprint density at radius 1 is 0.850 bits per heavy atom. The minimum atomic E-state index is 0.0629. The molecular formula is C16H20N2O2. The summed E-state index contributed by atoms with van der Waals surface area (Å²) in [5.74, 6) is 0. The van der Waals surface area contributed by atoms with E-state index in [1.165, 1.54) is 0 Å². The van der Waals surface area contributed by atoms with Crippen LogP contribution in [0.2, 0.25) is 0 Å². The minimum absolute atomic E-state index is 0.0629. The van der Waals surface area contributed by atoms with Crippen LogP contribution in [-0.2, 0) is 0 Å². The van der Waals surface area contributed by atoms with E-state index in [9.17, 15) is 0 Å². The number of benzene rings is 2. The van der Waals surface area contributed by atoms with E-state index in [1.807, 2.05) is 53.4 Å². The van der Waals surface area contributed by atoms with Crippen LogP contribution in [0.5, 0.6) is 0 Å². The van der Waals surface area contributed by atoms with Crippen LogP contribution in [-0.4, -0.2) is 36.5 Å². The van der Waals surface area contributed by atoms with Crippen molar-refractivity contribution in [3.63, 3.8) is 0 Å². The van der Waals surface area contributed by atoms with Gasteiger partial charge in [-0.05, 0) is 23.8 Å². The monoisotopic (exact) mass is 272 g/mol. The summed E-state index contributed by atoms with van der Waals surface area (Å²) >= 11 is 0. The SMILES string of the molecule is Nc1ccccc1-c1ccc(N(CCO)CCO)cc1. The van der Waals surface area contributed by atoms with E-state index in [4.69, 9.17) is 15.9 Å². The molecule has 0 saturated heterocycles. The highest BCUT2D eigenvalue weighted by Crippen LogP contribution is 2.27. The fourth-order valence-corrected chi connectivity index (χ4v) is 2.22. The minimum Gasteiger partial charge on any atom is -0.398 e. The molecule has 4 heteroatoms. The summed E-state index contributed by atoms with van der Waals surface area (Å²) in [4.78, 5) is 1.94. The summed E-state index contributed by atoms with van der Waals surface area (Å²) < 4.78 is 0. The fraction of sp³-hybridized carbons (Fsp3) is 0.250. The Morgan fingerprint density at radius 3 is 2.00 bits per heavy atom. The zero-order valence-corrected chi connectivity index (χ0v) is 11.4. The first-order valence-corrected chi connectivity index (χ1v) is 6.68. The van der Waals surface area contributed by atoms with Gasteiger partial charge in [-0.25, -0.2) is 0 Å².